The summed E-state index contributed by atoms with van der Waals surface area (Å²) in [4.78, 5) is 21.0. The van der Waals surface area contributed by atoms with Crippen LogP contribution in [0.1, 0.15) is 84.6 Å². The average Bonchev–Trinajstić information content (AvgIpc) is 3.20. The summed E-state index contributed by atoms with van der Waals surface area (Å²) in [6.07, 6.45) is 14.9. The van der Waals surface area contributed by atoms with Crippen LogP contribution in [0.15, 0.2) is 36.7 Å². The first-order valence-electron chi connectivity index (χ1n) is 12.3. The lowest BCUT2D eigenvalue weighted by molar-refractivity contribution is -0.199. The van der Waals surface area contributed by atoms with Gasteiger partial charge in [-0.3, -0.25) is 14.8 Å². The van der Waals surface area contributed by atoms with Gasteiger partial charge in [0.1, 0.15) is 5.69 Å². The Bertz CT molecular complexity index is 984. The van der Waals surface area contributed by atoms with Gasteiger partial charge >= 0.3 is 0 Å². The van der Waals surface area contributed by atoms with E-state index in [1.807, 2.05) is 18.5 Å². The Morgan fingerprint density at radius 2 is 1.94 bits per heavy atom. The summed E-state index contributed by atoms with van der Waals surface area (Å²) in [5.74, 6) is 1.29. The zero-order valence-corrected chi connectivity index (χ0v) is 18.7. The third-order valence-corrected chi connectivity index (χ3v) is 8.89. The third-order valence-electron chi connectivity index (χ3n) is 8.89. The fourth-order valence-electron chi connectivity index (χ4n) is 7.08. The maximum Gasteiger partial charge on any atom is 0.168 e. The quantitative estimate of drug-likeness (QED) is 0.637. The smallest absolute Gasteiger partial charge is 0.168 e. The Labute approximate surface area is 189 Å². The molecule has 168 valence electrons. The topological polar surface area (TPSA) is 61.3 Å². The maximum absolute atomic E-state index is 11.7. The normalized spacial score (nSPS) is 31.4. The third kappa shape index (κ3) is 3.32. The van der Waals surface area contributed by atoms with Crippen LogP contribution in [0.5, 0.6) is 0 Å². The molecule has 2 aromatic rings. The molecule has 2 aromatic heterocycles. The molecule has 3 aliphatic carbocycles. The second-order valence-corrected chi connectivity index (χ2v) is 10.4. The lowest BCUT2D eigenvalue weighted by Crippen LogP contribution is -2.49. The van der Waals surface area contributed by atoms with Crippen molar-refractivity contribution in [1.82, 2.24) is 9.97 Å². The Morgan fingerprint density at radius 1 is 1.06 bits per heavy atom. The summed E-state index contributed by atoms with van der Waals surface area (Å²) in [5, 5.41) is 0. The van der Waals surface area contributed by atoms with E-state index in [4.69, 9.17) is 14.5 Å². The molecular weight excluding hydrogens is 400 g/mol. The highest BCUT2D eigenvalue weighted by molar-refractivity contribution is 5.72. The van der Waals surface area contributed by atoms with Gasteiger partial charge in [0.15, 0.2) is 12.1 Å². The summed E-state index contributed by atoms with van der Waals surface area (Å²) in [7, 11) is 0. The minimum Gasteiger partial charge on any atom is -0.348 e. The monoisotopic (exact) mass is 432 g/mol. The lowest BCUT2D eigenvalue weighted by atomic mass is 9.58. The molecule has 5 nitrogen and oxygen atoms in total. The molecule has 4 aliphatic rings. The van der Waals surface area contributed by atoms with Crippen LogP contribution < -0.4 is 0 Å². The summed E-state index contributed by atoms with van der Waals surface area (Å²) < 4.78 is 12.4. The molecule has 0 amide bonds. The summed E-state index contributed by atoms with van der Waals surface area (Å²) in [6, 6.07) is 8.34. The standard InChI is InChI=1S/C27H32N2O3/c30-18-22-14-24-23(19-4-3-5-19)8-7-20-15-27(31-12-13-32-27)10-9-26(20,25(24)17-29-22)16-21-6-1-2-11-28-21/h1-2,6,11,14,17-20,23H,3-5,7-10,12-13,15-16H2. The number of carbonyl (C=O) groups is 1. The molecule has 1 aliphatic heterocycles. The van der Waals surface area contributed by atoms with Gasteiger partial charge in [0, 0.05) is 36.3 Å². The number of fused-ring (bicyclic) bond motifs is 3. The van der Waals surface area contributed by atoms with Crippen LogP contribution in [-0.2, 0) is 21.3 Å². The Kier molecular flexibility index (Phi) is 5.14. The van der Waals surface area contributed by atoms with Crippen molar-refractivity contribution < 1.29 is 14.3 Å². The number of hydrogen-bond acceptors (Lipinski definition) is 5. The van der Waals surface area contributed by atoms with E-state index in [0.29, 0.717) is 30.7 Å². The van der Waals surface area contributed by atoms with Crippen LogP contribution >= 0.6 is 0 Å². The second-order valence-electron chi connectivity index (χ2n) is 10.4. The summed E-state index contributed by atoms with van der Waals surface area (Å²) in [6.45, 7) is 1.40. The Balaban J connectivity index is 1.49. The van der Waals surface area contributed by atoms with Crippen molar-refractivity contribution in [2.45, 2.75) is 74.9 Å². The molecule has 1 saturated heterocycles. The van der Waals surface area contributed by atoms with E-state index >= 15 is 0 Å². The fourth-order valence-corrected chi connectivity index (χ4v) is 7.08. The van der Waals surface area contributed by atoms with Gasteiger partial charge in [0.05, 0.1) is 13.2 Å². The molecule has 3 heterocycles. The first-order valence-corrected chi connectivity index (χ1v) is 12.3. The van der Waals surface area contributed by atoms with Crippen LogP contribution in [-0.4, -0.2) is 35.3 Å². The molecule has 1 spiro atoms. The van der Waals surface area contributed by atoms with E-state index in [1.165, 1.54) is 36.8 Å². The average molecular weight is 433 g/mol. The molecule has 32 heavy (non-hydrogen) atoms. The summed E-state index contributed by atoms with van der Waals surface area (Å²) >= 11 is 0. The van der Waals surface area contributed by atoms with Gasteiger partial charge in [0.2, 0.25) is 0 Å². The molecule has 5 heteroatoms. The minimum absolute atomic E-state index is 0.0445. The number of nitrogens with zero attached hydrogens (tertiary/aromatic N) is 2. The van der Waals surface area contributed by atoms with Gasteiger partial charge in [-0.05, 0) is 85.6 Å². The lowest BCUT2D eigenvalue weighted by Gasteiger charge is -2.49. The second kappa shape index (κ2) is 8.03. The van der Waals surface area contributed by atoms with Crippen LogP contribution in [0.2, 0.25) is 0 Å². The van der Waals surface area contributed by atoms with E-state index in [1.54, 1.807) is 0 Å². The summed E-state index contributed by atoms with van der Waals surface area (Å²) in [5.41, 5.74) is 4.40. The molecule has 0 bridgehead atoms. The highest BCUT2D eigenvalue weighted by Crippen LogP contribution is 2.58. The predicted octanol–water partition coefficient (Wildman–Crippen LogP) is 4.99. The molecule has 2 saturated carbocycles. The first-order chi connectivity index (χ1) is 15.7. The van der Waals surface area contributed by atoms with E-state index in [-0.39, 0.29) is 5.41 Å². The largest absolute Gasteiger partial charge is 0.348 e. The molecule has 3 atom stereocenters. The SMILES string of the molecule is O=Cc1cc2c(cn1)C1(Cc3ccccn3)CCC3(CC1CCC2C1CCC1)OCCO3. The first kappa shape index (κ1) is 20.5. The zero-order valence-electron chi connectivity index (χ0n) is 18.7. The highest BCUT2D eigenvalue weighted by Gasteiger charge is 2.55. The highest BCUT2D eigenvalue weighted by atomic mass is 16.7. The van der Waals surface area contributed by atoms with Gasteiger partial charge in [-0.2, -0.15) is 0 Å². The molecule has 0 aromatic carbocycles. The van der Waals surface area contributed by atoms with Crippen molar-refractivity contribution in [2.24, 2.45) is 11.8 Å². The van der Waals surface area contributed by atoms with E-state index in [0.717, 1.165) is 50.0 Å². The van der Waals surface area contributed by atoms with E-state index < -0.39 is 5.79 Å². The Hall–Kier alpha value is -2.11. The number of hydrogen-bond donors (Lipinski definition) is 0. The van der Waals surface area contributed by atoms with Crippen molar-refractivity contribution >= 4 is 6.29 Å². The molecule has 0 N–H and O–H groups in total. The number of carbonyl (C=O) groups excluding carboxylic acids is 1. The van der Waals surface area contributed by atoms with Crippen LogP contribution in [0.4, 0.5) is 0 Å². The van der Waals surface area contributed by atoms with Crippen LogP contribution in [0.3, 0.4) is 0 Å². The van der Waals surface area contributed by atoms with E-state index in [9.17, 15) is 4.79 Å². The minimum atomic E-state index is -0.412. The van der Waals surface area contributed by atoms with Gasteiger partial charge in [-0.1, -0.05) is 12.5 Å². The number of aromatic nitrogens is 2. The molecule has 3 unspecified atom stereocenters. The van der Waals surface area contributed by atoms with Crippen molar-refractivity contribution in [2.75, 3.05) is 13.2 Å². The Morgan fingerprint density at radius 3 is 2.66 bits per heavy atom. The number of rotatable bonds is 4. The van der Waals surface area contributed by atoms with Gasteiger partial charge in [-0.15, -0.1) is 0 Å². The number of pyridine rings is 2. The van der Waals surface area contributed by atoms with Gasteiger partial charge in [-0.25, -0.2) is 0 Å². The number of aldehydes is 1. The van der Waals surface area contributed by atoms with Crippen molar-refractivity contribution in [3.63, 3.8) is 0 Å². The molecule has 6 rings (SSSR count). The molecular formula is C27H32N2O3. The van der Waals surface area contributed by atoms with Crippen LogP contribution in [0.25, 0.3) is 0 Å². The van der Waals surface area contributed by atoms with Crippen molar-refractivity contribution in [1.29, 1.82) is 0 Å². The van der Waals surface area contributed by atoms with Gasteiger partial charge < -0.3 is 9.47 Å². The van der Waals surface area contributed by atoms with Crippen molar-refractivity contribution in [3.05, 3.63) is 59.2 Å². The predicted molar refractivity (Wildman–Crippen MR) is 121 cm³/mol. The molecule has 0 radical (unpaired) electrons. The van der Waals surface area contributed by atoms with Gasteiger partial charge in [0.25, 0.3) is 0 Å². The fraction of sp³-hybridized carbons (Fsp3) is 0.593. The van der Waals surface area contributed by atoms with Crippen molar-refractivity contribution in [3.8, 4) is 0 Å². The molecule has 3 fully saturated rings. The maximum atomic E-state index is 11.7. The zero-order chi connectivity index (χ0) is 21.6. The van der Waals surface area contributed by atoms with E-state index in [2.05, 4.69) is 23.2 Å². The van der Waals surface area contributed by atoms with Crippen LogP contribution in [0, 0.1) is 11.8 Å². The number of ether oxygens (including phenoxy) is 2.